The lowest BCUT2D eigenvalue weighted by Crippen LogP contribution is -2.34. The number of aliphatic carboxylic acids is 1. The predicted molar refractivity (Wildman–Crippen MR) is 103 cm³/mol. The molecule has 0 fully saturated rings. The fraction of sp³-hybridized carbons (Fsp3) is 0.316. The average Bonchev–Trinajstić information content (AvgIpc) is 2.93. The molecule has 1 aromatic heterocycles. The number of carbonyl (C=O) groups is 3. The van der Waals surface area contributed by atoms with Crippen LogP contribution >= 0.6 is 22.9 Å². The minimum Gasteiger partial charge on any atom is -0.480 e. The van der Waals surface area contributed by atoms with Gasteiger partial charge in [0.1, 0.15) is 5.78 Å². The molecule has 1 amide bonds. The molecule has 0 aliphatic carbocycles. The molecular formula is C19H19ClN2O4S. The maximum atomic E-state index is 12.5. The zero-order valence-corrected chi connectivity index (χ0v) is 16.1. The number of rotatable bonds is 7. The number of Topliss-reactive ketones (excluding diaryl/α,β-unsaturated/α-hetero) is 1. The number of carbonyl (C=O) groups excluding carboxylic acids is 2. The minimum absolute atomic E-state index is 0.0131. The number of ketones is 1. The Morgan fingerprint density at radius 1 is 1.19 bits per heavy atom. The lowest BCUT2D eigenvalue weighted by Gasteiger charge is -2.25. The van der Waals surface area contributed by atoms with Crippen molar-refractivity contribution in [1.82, 2.24) is 4.90 Å². The molecule has 1 aliphatic rings. The third kappa shape index (κ3) is 4.74. The molecule has 0 bridgehead atoms. The van der Waals surface area contributed by atoms with E-state index in [-0.39, 0.29) is 25.2 Å². The van der Waals surface area contributed by atoms with E-state index in [0.29, 0.717) is 35.0 Å². The number of primary amides is 1. The normalized spacial score (nSPS) is 14.0. The summed E-state index contributed by atoms with van der Waals surface area (Å²) in [6.07, 6.45) is 0.948. The molecule has 142 valence electrons. The number of benzene rings is 1. The Kier molecular flexibility index (Phi) is 5.94. The quantitative estimate of drug-likeness (QED) is 0.734. The highest BCUT2D eigenvalue weighted by Crippen LogP contribution is 2.33. The first-order valence-corrected chi connectivity index (χ1v) is 9.66. The summed E-state index contributed by atoms with van der Waals surface area (Å²) in [5.41, 5.74) is 7.74. The number of thiophene rings is 1. The zero-order valence-electron chi connectivity index (χ0n) is 14.5. The minimum atomic E-state index is -0.886. The lowest BCUT2D eigenvalue weighted by atomic mass is 9.98. The summed E-state index contributed by atoms with van der Waals surface area (Å²) in [6.45, 7) is 0.959. The maximum absolute atomic E-state index is 12.5. The summed E-state index contributed by atoms with van der Waals surface area (Å²) < 4.78 is 0. The van der Waals surface area contributed by atoms with Gasteiger partial charge in [-0.15, -0.1) is 11.3 Å². The third-order valence-corrected chi connectivity index (χ3v) is 5.96. The third-order valence-electron chi connectivity index (χ3n) is 4.49. The predicted octanol–water partition coefficient (Wildman–Crippen LogP) is 2.30. The van der Waals surface area contributed by atoms with E-state index in [9.17, 15) is 14.4 Å². The fourth-order valence-electron chi connectivity index (χ4n) is 3.32. The van der Waals surface area contributed by atoms with E-state index in [1.54, 1.807) is 24.3 Å². The Balaban J connectivity index is 1.78. The van der Waals surface area contributed by atoms with Crippen molar-refractivity contribution >= 4 is 40.6 Å². The summed E-state index contributed by atoms with van der Waals surface area (Å²) >= 11 is 7.24. The summed E-state index contributed by atoms with van der Waals surface area (Å²) in [6, 6.07) is 7.08. The van der Waals surface area contributed by atoms with Crippen LogP contribution in [0.15, 0.2) is 24.3 Å². The first-order chi connectivity index (χ1) is 12.8. The van der Waals surface area contributed by atoms with Crippen LogP contribution in [-0.2, 0) is 35.4 Å². The van der Waals surface area contributed by atoms with Gasteiger partial charge in [-0.25, -0.2) is 0 Å². The second-order valence-corrected chi connectivity index (χ2v) is 8.17. The molecule has 2 heterocycles. The number of hydrogen-bond acceptors (Lipinski definition) is 5. The van der Waals surface area contributed by atoms with Crippen LogP contribution in [0.2, 0.25) is 5.02 Å². The fourth-order valence-corrected chi connectivity index (χ4v) is 4.88. The van der Waals surface area contributed by atoms with Crippen LogP contribution in [0.25, 0.3) is 0 Å². The van der Waals surface area contributed by atoms with E-state index in [4.69, 9.17) is 22.4 Å². The van der Waals surface area contributed by atoms with Gasteiger partial charge in [0.25, 0.3) is 0 Å². The second kappa shape index (κ2) is 8.21. The Morgan fingerprint density at radius 3 is 2.52 bits per heavy atom. The smallest absolute Gasteiger partial charge is 0.317 e. The molecule has 2 aromatic rings. The molecule has 1 aliphatic heterocycles. The molecule has 8 heteroatoms. The average molecular weight is 407 g/mol. The molecule has 3 rings (SSSR count). The number of fused-ring (bicyclic) bond motifs is 1. The van der Waals surface area contributed by atoms with E-state index < -0.39 is 11.9 Å². The van der Waals surface area contributed by atoms with Crippen LogP contribution in [0, 0.1) is 0 Å². The van der Waals surface area contributed by atoms with E-state index in [0.717, 1.165) is 16.0 Å². The molecule has 0 saturated heterocycles. The van der Waals surface area contributed by atoms with Gasteiger partial charge in [0.15, 0.2) is 0 Å². The highest BCUT2D eigenvalue weighted by Gasteiger charge is 2.28. The molecule has 3 N–H and O–H groups in total. The topological polar surface area (TPSA) is 101 Å². The van der Waals surface area contributed by atoms with Gasteiger partial charge in [0.05, 0.1) is 12.1 Å². The molecule has 1 aromatic carbocycles. The molecule has 0 unspecified atom stereocenters. The SMILES string of the molecule is NC(=O)c1c(CC(=O)Cc2ccc(Cl)cc2)sc2c1CCN(CC(=O)O)C2. The van der Waals surface area contributed by atoms with Crippen LogP contribution in [0.3, 0.4) is 0 Å². The van der Waals surface area contributed by atoms with Gasteiger partial charge >= 0.3 is 5.97 Å². The van der Waals surface area contributed by atoms with Crippen molar-refractivity contribution < 1.29 is 19.5 Å². The van der Waals surface area contributed by atoms with E-state index in [1.165, 1.54) is 11.3 Å². The molecule has 0 radical (unpaired) electrons. The Morgan fingerprint density at radius 2 is 1.89 bits per heavy atom. The number of halogens is 1. The van der Waals surface area contributed by atoms with Crippen LogP contribution in [-0.4, -0.2) is 40.8 Å². The number of nitrogens with zero attached hydrogens (tertiary/aromatic N) is 1. The van der Waals surface area contributed by atoms with Gasteiger partial charge in [0.2, 0.25) is 5.91 Å². The van der Waals surface area contributed by atoms with Gasteiger partial charge in [-0.2, -0.15) is 0 Å². The number of carboxylic acids is 1. The molecule has 0 spiro atoms. The highest BCUT2D eigenvalue weighted by atomic mass is 35.5. The summed E-state index contributed by atoms with van der Waals surface area (Å²) in [5.74, 6) is -1.43. The van der Waals surface area contributed by atoms with Crippen LogP contribution in [0.4, 0.5) is 0 Å². The maximum Gasteiger partial charge on any atom is 0.317 e. The van der Waals surface area contributed by atoms with Gasteiger partial charge in [-0.05, 0) is 29.7 Å². The summed E-state index contributed by atoms with van der Waals surface area (Å²) in [5, 5.41) is 9.58. The van der Waals surface area contributed by atoms with Crippen LogP contribution in [0.1, 0.15) is 31.2 Å². The van der Waals surface area contributed by atoms with Crippen molar-refractivity contribution in [3.8, 4) is 0 Å². The molecular weight excluding hydrogens is 388 g/mol. The number of amides is 1. The highest BCUT2D eigenvalue weighted by molar-refractivity contribution is 7.12. The Labute approximate surface area is 165 Å². The van der Waals surface area contributed by atoms with Crippen molar-refractivity contribution in [3.63, 3.8) is 0 Å². The van der Waals surface area contributed by atoms with Gasteiger partial charge < -0.3 is 10.8 Å². The Hall–Kier alpha value is -2.22. The second-order valence-electron chi connectivity index (χ2n) is 6.54. The molecule has 6 nitrogen and oxygen atoms in total. The van der Waals surface area contributed by atoms with Crippen molar-refractivity contribution in [3.05, 3.63) is 55.7 Å². The van der Waals surface area contributed by atoms with Crippen molar-refractivity contribution in [2.45, 2.75) is 25.8 Å². The summed E-state index contributed by atoms with van der Waals surface area (Å²) in [7, 11) is 0. The van der Waals surface area contributed by atoms with Crippen molar-refractivity contribution in [1.29, 1.82) is 0 Å². The first kappa shape index (κ1) is 19.5. The molecule has 0 atom stereocenters. The monoisotopic (exact) mass is 406 g/mol. The standard InChI is InChI=1S/C19H19ClN2O4S/c20-12-3-1-11(2-4-12)7-13(23)8-15-18(19(21)26)14-5-6-22(10-17(24)25)9-16(14)27-15/h1-4H,5-10H2,(H2,21,26)(H,24,25). The zero-order chi connectivity index (χ0) is 19.6. The largest absolute Gasteiger partial charge is 0.480 e. The Bertz CT molecular complexity index is 892. The van der Waals surface area contributed by atoms with Gasteiger partial charge in [-0.1, -0.05) is 23.7 Å². The number of carboxylic acid groups (broad SMARTS) is 1. The van der Waals surface area contributed by atoms with Gasteiger partial charge in [-0.3, -0.25) is 19.3 Å². The van der Waals surface area contributed by atoms with Crippen LogP contribution in [0.5, 0.6) is 0 Å². The first-order valence-electron chi connectivity index (χ1n) is 8.47. The summed E-state index contributed by atoms with van der Waals surface area (Å²) in [4.78, 5) is 38.8. The van der Waals surface area contributed by atoms with E-state index in [2.05, 4.69) is 0 Å². The number of nitrogens with two attached hydrogens (primary N) is 1. The molecule has 27 heavy (non-hydrogen) atoms. The van der Waals surface area contributed by atoms with Crippen LogP contribution < -0.4 is 5.73 Å². The lowest BCUT2D eigenvalue weighted by molar-refractivity contribution is -0.138. The van der Waals surface area contributed by atoms with Crippen molar-refractivity contribution in [2.75, 3.05) is 13.1 Å². The number of hydrogen-bond donors (Lipinski definition) is 2. The van der Waals surface area contributed by atoms with Gasteiger partial charge in [0, 0.05) is 40.7 Å². The van der Waals surface area contributed by atoms with Crippen molar-refractivity contribution in [2.24, 2.45) is 5.73 Å². The van der Waals surface area contributed by atoms with E-state index in [1.807, 2.05) is 4.90 Å². The van der Waals surface area contributed by atoms with E-state index >= 15 is 0 Å². The molecule has 0 saturated carbocycles.